The van der Waals surface area contributed by atoms with Crippen LogP contribution in [0.1, 0.15) is 56.7 Å². The molecule has 2 aromatic rings. The molecule has 1 aliphatic rings. The molecular weight excluding hydrogens is 310 g/mol. The van der Waals surface area contributed by atoms with Crippen molar-refractivity contribution < 1.29 is 4.74 Å². The van der Waals surface area contributed by atoms with E-state index in [4.69, 9.17) is 10.5 Å². The molecule has 4 heteroatoms. The fourth-order valence-corrected chi connectivity index (χ4v) is 3.33. The van der Waals surface area contributed by atoms with Gasteiger partial charge in [-0.3, -0.25) is 5.43 Å². The quantitative estimate of drug-likeness (QED) is 0.692. The van der Waals surface area contributed by atoms with Crippen LogP contribution < -0.4 is 21.3 Å². The van der Waals surface area contributed by atoms with E-state index in [1.54, 1.807) is 0 Å². The monoisotopic (exact) mass is 339 g/mol. The van der Waals surface area contributed by atoms with Crippen molar-refractivity contribution in [3.8, 4) is 5.75 Å². The van der Waals surface area contributed by atoms with E-state index in [0.717, 1.165) is 24.3 Å². The first-order chi connectivity index (χ1) is 12.1. The van der Waals surface area contributed by atoms with Gasteiger partial charge in [0.1, 0.15) is 11.9 Å². The molecule has 134 valence electrons. The Morgan fingerprint density at radius 1 is 1.08 bits per heavy atom. The maximum absolute atomic E-state index is 6.33. The predicted octanol–water partition coefficient (Wildman–Crippen LogP) is 4.16. The molecule has 3 rings (SSSR count). The van der Waals surface area contributed by atoms with Crippen molar-refractivity contribution in [1.29, 1.82) is 0 Å². The molecule has 1 saturated heterocycles. The third kappa shape index (κ3) is 4.14. The molecule has 1 heterocycles. The summed E-state index contributed by atoms with van der Waals surface area (Å²) in [7, 11) is 0. The van der Waals surface area contributed by atoms with Gasteiger partial charge in [-0.25, -0.2) is 5.43 Å². The van der Waals surface area contributed by atoms with Crippen LogP contribution in [0.2, 0.25) is 0 Å². The number of hydrogen-bond donors (Lipinski definition) is 3. The lowest BCUT2D eigenvalue weighted by Crippen LogP contribution is -2.40. The Morgan fingerprint density at radius 3 is 2.52 bits per heavy atom. The third-order valence-corrected chi connectivity index (χ3v) is 5.21. The van der Waals surface area contributed by atoms with Gasteiger partial charge in [0, 0.05) is 11.7 Å². The average molecular weight is 339 g/mol. The van der Waals surface area contributed by atoms with Crippen molar-refractivity contribution in [2.75, 3.05) is 5.73 Å². The Hall–Kier alpha value is -2.04. The molecule has 2 aromatic carbocycles. The molecule has 0 bridgehead atoms. The van der Waals surface area contributed by atoms with Crippen molar-refractivity contribution in [2.45, 2.75) is 57.7 Å². The second-order valence-electron chi connectivity index (χ2n) is 7.02. The fourth-order valence-electron chi connectivity index (χ4n) is 3.33. The lowest BCUT2D eigenvalue weighted by Gasteiger charge is -2.23. The highest BCUT2D eigenvalue weighted by atomic mass is 16.5. The van der Waals surface area contributed by atoms with Gasteiger partial charge in [0.15, 0.2) is 0 Å². The van der Waals surface area contributed by atoms with Crippen molar-refractivity contribution in [3.63, 3.8) is 0 Å². The smallest absolute Gasteiger partial charge is 0.123 e. The Labute approximate surface area is 150 Å². The average Bonchev–Trinajstić information content (AvgIpc) is 3.12. The summed E-state index contributed by atoms with van der Waals surface area (Å²) in [6, 6.07) is 17.0. The van der Waals surface area contributed by atoms with E-state index in [2.05, 4.69) is 62.0 Å². The molecule has 0 saturated carbocycles. The summed E-state index contributed by atoms with van der Waals surface area (Å²) in [5, 5.41) is 0. The number of para-hydroxylation sites is 1. The van der Waals surface area contributed by atoms with Crippen LogP contribution in [-0.2, 0) is 0 Å². The van der Waals surface area contributed by atoms with Gasteiger partial charge in [-0.2, -0.15) is 0 Å². The van der Waals surface area contributed by atoms with Crippen LogP contribution >= 0.6 is 0 Å². The summed E-state index contributed by atoms with van der Waals surface area (Å²) < 4.78 is 6.33. The molecule has 4 unspecified atom stereocenters. The maximum atomic E-state index is 6.33. The van der Waals surface area contributed by atoms with Crippen molar-refractivity contribution in [1.82, 2.24) is 10.9 Å². The van der Waals surface area contributed by atoms with Gasteiger partial charge in [-0.15, -0.1) is 0 Å². The van der Waals surface area contributed by atoms with E-state index in [-0.39, 0.29) is 18.2 Å². The molecule has 4 N–H and O–H groups in total. The molecular formula is C21H29N3O. The lowest BCUT2D eigenvalue weighted by molar-refractivity contribution is 0.174. The zero-order valence-corrected chi connectivity index (χ0v) is 15.3. The van der Waals surface area contributed by atoms with Crippen LogP contribution in [0.4, 0.5) is 5.69 Å². The van der Waals surface area contributed by atoms with Crippen LogP contribution in [0.25, 0.3) is 0 Å². The topological polar surface area (TPSA) is 59.3 Å². The molecule has 25 heavy (non-hydrogen) atoms. The first-order valence-electron chi connectivity index (χ1n) is 9.20. The number of benzene rings is 2. The van der Waals surface area contributed by atoms with Crippen molar-refractivity contribution >= 4 is 5.69 Å². The zero-order valence-electron chi connectivity index (χ0n) is 15.3. The molecule has 0 amide bonds. The van der Waals surface area contributed by atoms with Crippen LogP contribution in [0.5, 0.6) is 5.75 Å². The highest BCUT2D eigenvalue weighted by Gasteiger charge is 2.30. The fraction of sp³-hybridized carbons (Fsp3) is 0.429. The van der Waals surface area contributed by atoms with E-state index < -0.39 is 0 Å². The van der Waals surface area contributed by atoms with Crippen LogP contribution in [0, 0.1) is 0 Å². The van der Waals surface area contributed by atoms with Crippen molar-refractivity contribution in [2.24, 2.45) is 0 Å². The number of nitrogens with one attached hydrogen (secondary N) is 2. The molecule has 0 radical (unpaired) electrons. The van der Waals surface area contributed by atoms with Gasteiger partial charge in [-0.05, 0) is 55.0 Å². The largest absolute Gasteiger partial charge is 0.489 e. The Balaban J connectivity index is 1.65. The minimum Gasteiger partial charge on any atom is -0.489 e. The highest BCUT2D eigenvalue weighted by molar-refractivity contribution is 5.40. The first-order valence-corrected chi connectivity index (χ1v) is 9.20. The molecule has 1 aliphatic heterocycles. The summed E-state index contributed by atoms with van der Waals surface area (Å²) in [6.07, 6.45) is 2.17. The van der Waals surface area contributed by atoms with Gasteiger partial charge in [-0.1, -0.05) is 44.2 Å². The Bertz CT molecular complexity index is 686. The van der Waals surface area contributed by atoms with E-state index in [0.29, 0.717) is 5.92 Å². The van der Waals surface area contributed by atoms with E-state index in [1.165, 1.54) is 11.1 Å². The number of hydrogen-bond acceptors (Lipinski definition) is 4. The number of ether oxygens (including phenoxy) is 1. The summed E-state index contributed by atoms with van der Waals surface area (Å²) >= 11 is 0. The number of rotatable bonds is 6. The Kier molecular flexibility index (Phi) is 5.61. The van der Waals surface area contributed by atoms with Gasteiger partial charge < -0.3 is 10.5 Å². The Morgan fingerprint density at radius 2 is 1.80 bits per heavy atom. The number of anilines is 1. The van der Waals surface area contributed by atoms with Gasteiger partial charge in [0.2, 0.25) is 0 Å². The normalized spacial score (nSPS) is 22.5. The maximum Gasteiger partial charge on any atom is 0.123 e. The predicted molar refractivity (Wildman–Crippen MR) is 104 cm³/mol. The third-order valence-electron chi connectivity index (χ3n) is 5.21. The van der Waals surface area contributed by atoms with Crippen LogP contribution in [-0.4, -0.2) is 12.1 Å². The van der Waals surface area contributed by atoms with E-state index >= 15 is 0 Å². The molecule has 4 nitrogen and oxygen atoms in total. The zero-order chi connectivity index (χ0) is 17.8. The summed E-state index contributed by atoms with van der Waals surface area (Å²) in [6.45, 7) is 6.60. The van der Waals surface area contributed by atoms with Crippen LogP contribution in [0.3, 0.4) is 0 Å². The number of hydrazine groups is 1. The summed E-state index contributed by atoms with van der Waals surface area (Å²) in [4.78, 5) is 0. The van der Waals surface area contributed by atoms with Crippen molar-refractivity contribution in [3.05, 3.63) is 59.7 Å². The van der Waals surface area contributed by atoms with Gasteiger partial charge >= 0.3 is 0 Å². The standard InChI is InChI=1S/C21H29N3O/c1-4-14(2)18-7-5-6-8-21(18)25-15(3)19-13-20(24-23-19)16-9-11-17(22)12-10-16/h5-12,14-15,19-20,23-24H,4,13,22H2,1-3H3. The van der Waals surface area contributed by atoms with Crippen LogP contribution in [0.15, 0.2) is 48.5 Å². The minimum absolute atomic E-state index is 0.0801. The minimum atomic E-state index is 0.0801. The molecule has 0 spiro atoms. The van der Waals surface area contributed by atoms with Gasteiger partial charge in [0.05, 0.1) is 6.04 Å². The molecule has 4 atom stereocenters. The SMILES string of the molecule is CCC(C)c1ccccc1OC(C)C1CC(c2ccc(N)cc2)NN1. The second kappa shape index (κ2) is 7.89. The number of nitrogen functional groups attached to an aromatic ring is 1. The van der Waals surface area contributed by atoms with Gasteiger partial charge in [0.25, 0.3) is 0 Å². The first kappa shape index (κ1) is 17.8. The number of nitrogens with two attached hydrogens (primary N) is 1. The molecule has 0 aromatic heterocycles. The van der Waals surface area contributed by atoms with E-state index in [1.807, 2.05) is 18.2 Å². The summed E-state index contributed by atoms with van der Waals surface area (Å²) in [5.41, 5.74) is 15.9. The molecule has 0 aliphatic carbocycles. The second-order valence-corrected chi connectivity index (χ2v) is 7.02. The highest BCUT2D eigenvalue weighted by Crippen LogP contribution is 2.31. The molecule has 1 fully saturated rings. The lowest BCUT2D eigenvalue weighted by atomic mass is 9.97. The van der Waals surface area contributed by atoms with E-state index in [9.17, 15) is 0 Å². The summed E-state index contributed by atoms with van der Waals surface area (Å²) in [5.74, 6) is 1.50.